The van der Waals surface area contributed by atoms with Crippen molar-refractivity contribution in [3.05, 3.63) is 81.5 Å². The van der Waals surface area contributed by atoms with E-state index in [-0.39, 0.29) is 33.6 Å². The maximum atomic E-state index is 13.7. The zero-order valence-electron chi connectivity index (χ0n) is 15.1. The average Bonchev–Trinajstić information content (AvgIpc) is 2.94. The standard InChI is InChI=1S/C21H19FN2O3/c1-23(2)10-11-24-18(13-6-4-3-5-7-13)17-19(25)15-12-14(22)8-9-16(15)27-20(17)21(24)26/h3-9,12,18H,10-11H2,1-2H3. The second kappa shape index (κ2) is 6.63. The van der Waals surface area contributed by atoms with Gasteiger partial charge in [-0.25, -0.2) is 4.39 Å². The first-order chi connectivity index (χ1) is 13.0. The van der Waals surface area contributed by atoms with Crippen molar-refractivity contribution >= 4 is 16.9 Å². The average molecular weight is 366 g/mol. The third kappa shape index (κ3) is 2.92. The summed E-state index contributed by atoms with van der Waals surface area (Å²) in [6.07, 6.45) is 0. The molecule has 27 heavy (non-hydrogen) atoms. The zero-order chi connectivity index (χ0) is 19.1. The van der Waals surface area contributed by atoms with E-state index in [9.17, 15) is 14.0 Å². The van der Waals surface area contributed by atoms with Crippen LogP contribution in [-0.4, -0.2) is 42.9 Å². The molecule has 0 bridgehead atoms. The molecule has 0 radical (unpaired) electrons. The molecule has 1 unspecified atom stereocenters. The van der Waals surface area contributed by atoms with Crippen LogP contribution in [0.5, 0.6) is 0 Å². The van der Waals surface area contributed by atoms with E-state index in [2.05, 4.69) is 0 Å². The Balaban J connectivity index is 1.95. The van der Waals surface area contributed by atoms with Crippen LogP contribution in [0.3, 0.4) is 0 Å². The van der Waals surface area contributed by atoms with Gasteiger partial charge in [0.2, 0.25) is 5.76 Å². The first-order valence-electron chi connectivity index (χ1n) is 8.74. The Morgan fingerprint density at radius 1 is 1.11 bits per heavy atom. The van der Waals surface area contributed by atoms with Crippen molar-refractivity contribution in [3.8, 4) is 0 Å². The fourth-order valence-corrected chi connectivity index (χ4v) is 3.51. The number of carbonyl (C=O) groups is 1. The first-order valence-corrected chi connectivity index (χ1v) is 8.74. The summed E-state index contributed by atoms with van der Waals surface area (Å²) in [6.45, 7) is 1.09. The summed E-state index contributed by atoms with van der Waals surface area (Å²) >= 11 is 0. The molecule has 5 nitrogen and oxygen atoms in total. The molecule has 138 valence electrons. The number of halogens is 1. The fourth-order valence-electron chi connectivity index (χ4n) is 3.51. The normalized spacial score (nSPS) is 16.4. The maximum Gasteiger partial charge on any atom is 0.290 e. The van der Waals surface area contributed by atoms with Crippen molar-refractivity contribution in [2.75, 3.05) is 27.2 Å². The molecule has 0 N–H and O–H groups in total. The monoisotopic (exact) mass is 366 g/mol. The highest BCUT2D eigenvalue weighted by molar-refractivity contribution is 5.99. The SMILES string of the molecule is CN(C)CCN1C(=O)c2oc3ccc(F)cc3c(=O)c2C1c1ccccc1. The van der Waals surface area contributed by atoms with E-state index in [1.54, 1.807) is 4.90 Å². The van der Waals surface area contributed by atoms with E-state index in [1.165, 1.54) is 12.1 Å². The molecule has 0 aliphatic carbocycles. The molecule has 1 aliphatic heterocycles. The van der Waals surface area contributed by atoms with Crippen LogP contribution in [0.25, 0.3) is 11.0 Å². The van der Waals surface area contributed by atoms with Crippen molar-refractivity contribution in [2.45, 2.75) is 6.04 Å². The van der Waals surface area contributed by atoms with Gasteiger partial charge >= 0.3 is 0 Å². The topological polar surface area (TPSA) is 53.8 Å². The second-order valence-corrected chi connectivity index (χ2v) is 6.93. The predicted molar refractivity (Wildman–Crippen MR) is 100 cm³/mol. The molecular weight excluding hydrogens is 347 g/mol. The molecule has 1 aromatic heterocycles. The van der Waals surface area contributed by atoms with Crippen molar-refractivity contribution in [2.24, 2.45) is 0 Å². The predicted octanol–water partition coefficient (Wildman–Crippen LogP) is 3.04. The minimum absolute atomic E-state index is 0.0479. The van der Waals surface area contributed by atoms with Crippen LogP contribution in [0.4, 0.5) is 4.39 Å². The zero-order valence-corrected chi connectivity index (χ0v) is 15.1. The van der Waals surface area contributed by atoms with Gasteiger partial charge in [-0.3, -0.25) is 9.59 Å². The lowest BCUT2D eigenvalue weighted by atomic mass is 9.98. The quantitative estimate of drug-likeness (QED) is 0.712. The summed E-state index contributed by atoms with van der Waals surface area (Å²) in [6, 6.07) is 12.6. The molecule has 1 amide bonds. The minimum atomic E-state index is -0.544. The van der Waals surface area contributed by atoms with Gasteiger partial charge in [0.1, 0.15) is 11.4 Å². The Morgan fingerprint density at radius 2 is 1.85 bits per heavy atom. The highest BCUT2D eigenvalue weighted by atomic mass is 19.1. The van der Waals surface area contributed by atoms with Crippen LogP contribution in [0.1, 0.15) is 27.7 Å². The Bertz CT molecular complexity index is 1080. The van der Waals surface area contributed by atoms with E-state index in [1.807, 2.05) is 49.3 Å². The maximum absolute atomic E-state index is 13.7. The van der Waals surface area contributed by atoms with Crippen LogP contribution in [-0.2, 0) is 0 Å². The lowest BCUT2D eigenvalue weighted by Gasteiger charge is -2.26. The fraction of sp³-hybridized carbons (Fsp3) is 0.238. The van der Waals surface area contributed by atoms with Crippen molar-refractivity contribution in [1.29, 1.82) is 0 Å². The smallest absolute Gasteiger partial charge is 0.290 e. The number of benzene rings is 2. The number of hydrogen-bond acceptors (Lipinski definition) is 4. The molecule has 1 aliphatic rings. The number of likely N-dealkylation sites (N-methyl/N-ethyl adjacent to an activating group) is 1. The summed E-state index contributed by atoms with van der Waals surface area (Å²) < 4.78 is 19.5. The molecular formula is C21H19FN2O3. The van der Waals surface area contributed by atoms with Crippen LogP contribution in [0.2, 0.25) is 0 Å². The van der Waals surface area contributed by atoms with E-state index in [4.69, 9.17) is 4.42 Å². The largest absolute Gasteiger partial charge is 0.450 e. The number of hydrogen-bond donors (Lipinski definition) is 0. The number of rotatable bonds is 4. The third-order valence-corrected chi connectivity index (χ3v) is 4.83. The van der Waals surface area contributed by atoms with Gasteiger partial charge in [-0.1, -0.05) is 30.3 Å². The van der Waals surface area contributed by atoms with Gasteiger partial charge < -0.3 is 14.2 Å². The Kier molecular flexibility index (Phi) is 4.28. The highest BCUT2D eigenvalue weighted by Gasteiger charge is 2.42. The van der Waals surface area contributed by atoms with E-state index in [0.29, 0.717) is 13.1 Å². The summed E-state index contributed by atoms with van der Waals surface area (Å²) in [4.78, 5) is 29.9. The van der Waals surface area contributed by atoms with Crippen LogP contribution in [0, 0.1) is 5.82 Å². The molecule has 6 heteroatoms. The molecule has 0 saturated carbocycles. The third-order valence-electron chi connectivity index (χ3n) is 4.83. The highest BCUT2D eigenvalue weighted by Crippen LogP contribution is 2.37. The van der Waals surface area contributed by atoms with Gasteiger partial charge in [0, 0.05) is 13.1 Å². The van der Waals surface area contributed by atoms with Crippen LogP contribution >= 0.6 is 0 Å². The van der Waals surface area contributed by atoms with Gasteiger partial charge in [0.05, 0.1) is 17.0 Å². The number of nitrogens with zero attached hydrogens (tertiary/aromatic N) is 2. The van der Waals surface area contributed by atoms with E-state index >= 15 is 0 Å². The molecule has 0 spiro atoms. The van der Waals surface area contributed by atoms with Gasteiger partial charge in [0.25, 0.3) is 5.91 Å². The second-order valence-electron chi connectivity index (χ2n) is 6.93. The Hall–Kier alpha value is -2.99. The van der Waals surface area contributed by atoms with Crippen molar-refractivity contribution in [3.63, 3.8) is 0 Å². The Labute approximate surface area is 155 Å². The van der Waals surface area contributed by atoms with Gasteiger partial charge in [0.15, 0.2) is 5.43 Å². The molecule has 2 heterocycles. The number of fused-ring (bicyclic) bond motifs is 2. The van der Waals surface area contributed by atoms with E-state index in [0.717, 1.165) is 11.6 Å². The lowest BCUT2D eigenvalue weighted by Crippen LogP contribution is -2.35. The van der Waals surface area contributed by atoms with Crippen molar-refractivity contribution < 1.29 is 13.6 Å². The summed E-state index contributed by atoms with van der Waals surface area (Å²) in [5, 5.41) is 0.150. The molecule has 2 aromatic carbocycles. The van der Waals surface area contributed by atoms with E-state index < -0.39 is 11.9 Å². The molecule has 3 aromatic rings. The summed E-state index contributed by atoms with van der Waals surface area (Å²) in [5.74, 6) is -0.782. The van der Waals surface area contributed by atoms with Gasteiger partial charge in [-0.05, 0) is 37.9 Å². The molecule has 1 atom stereocenters. The van der Waals surface area contributed by atoms with Gasteiger partial charge in [-0.2, -0.15) is 0 Å². The molecule has 0 saturated heterocycles. The lowest BCUT2D eigenvalue weighted by molar-refractivity contribution is 0.0716. The minimum Gasteiger partial charge on any atom is -0.450 e. The number of carbonyl (C=O) groups excluding carboxylic acids is 1. The van der Waals surface area contributed by atoms with Crippen molar-refractivity contribution in [1.82, 2.24) is 9.80 Å². The van der Waals surface area contributed by atoms with Crippen LogP contribution in [0.15, 0.2) is 57.7 Å². The Morgan fingerprint density at radius 3 is 2.56 bits per heavy atom. The molecule has 4 rings (SSSR count). The number of amides is 1. The van der Waals surface area contributed by atoms with Crippen LogP contribution < -0.4 is 5.43 Å². The summed E-state index contributed by atoms with van der Waals surface area (Å²) in [5.41, 5.74) is 0.963. The molecule has 0 fully saturated rings. The first kappa shape index (κ1) is 17.4. The van der Waals surface area contributed by atoms with Gasteiger partial charge in [-0.15, -0.1) is 0 Å². The summed E-state index contributed by atoms with van der Waals surface area (Å²) in [7, 11) is 3.84.